The van der Waals surface area contributed by atoms with Crippen molar-refractivity contribution in [3.8, 4) is 5.75 Å². The quantitative estimate of drug-likeness (QED) is 0.421. The van der Waals surface area contributed by atoms with Gasteiger partial charge in [0, 0.05) is 11.3 Å². The predicted octanol–water partition coefficient (Wildman–Crippen LogP) is 5.57. The maximum absolute atomic E-state index is 13.0. The van der Waals surface area contributed by atoms with Gasteiger partial charge in [-0.2, -0.15) is 0 Å². The molecule has 2 N–H and O–H groups in total. The SMILES string of the molecule is C=CCOc1ccc(NC(=O)c2ccc(Cl)c(S(=O)(=O)Nc3ccc(C)cc3C)c2)cc1. The zero-order chi connectivity index (χ0) is 23.3. The van der Waals surface area contributed by atoms with Crippen molar-refractivity contribution in [2.24, 2.45) is 0 Å². The molecule has 8 heteroatoms. The van der Waals surface area contributed by atoms with Gasteiger partial charge in [0.1, 0.15) is 17.3 Å². The largest absolute Gasteiger partial charge is 0.490 e. The second-order valence-electron chi connectivity index (χ2n) is 7.15. The summed E-state index contributed by atoms with van der Waals surface area (Å²) in [4.78, 5) is 12.5. The first-order valence-corrected chi connectivity index (χ1v) is 11.6. The van der Waals surface area contributed by atoms with E-state index in [1.165, 1.54) is 18.2 Å². The number of sulfonamides is 1. The Balaban J connectivity index is 1.81. The number of aryl methyl sites for hydroxylation is 2. The van der Waals surface area contributed by atoms with Crippen LogP contribution < -0.4 is 14.8 Å². The average molecular weight is 471 g/mol. The van der Waals surface area contributed by atoms with Crippen LogP contribution in [0.3, 0.4) is 0 Å². The Morgan fingerprint density at radius 2 is 1.78 bits per heavy atom. The van der Waals surface area contributed by atoms with Crippen LogP contribution in [0.2, 0.25) is 5.02 Å². The van der Waals surface area contributed by atoms with E-state index in [1.807, 2.05) is 26.0 Å². The minimum absolute atomic E-state index is 0.0162. The van der Waals surface area contributed by atoms with Gasteiger partial charge >= 0.3 is 0 Å². The number of rotatable bonds is 8. The number of carbonyl (C=O) groups excluding carboxylic acids is 1. The van der Waals surface area contributed by atoms with E-state index in [2.05, 4.69) is 16.6 Å². The van der Waals surface area contributed by atoms with E-state index in [-0.39, 0.29) is 15.5 Å². The Morgan fingerprint density at radius 3 is 2.44 bits per heavy atom. The van der Waals surface area contributed by atoms with E-state index in [0.717, 1.165) is 11.1 Å². The molecule has 0 fully saturated rings. The van der Waals surface area contributed by atoms with E-state index in [4.69, 9.17) is 16.3 Å². The van der Waals surface area contributed by atoms with Crippen molar-refractivity contribution in [1.29, 1.82) is 0 Å². The lowest BCUT2D eigenvalue weighted by Crippen LogP contribution is -2.17. The third-order valence-corrected chi connectivity index (χ3v) is 6.44. The van der Waals surface area contributed by atoms with Crippen molar-refractivity contribution < 1.29 is 17.9 Å². The van der Waals surface area contributed by atoms with E-state index in [0.29, 0.717) is 23.7 Å². The zero-order valence-electron chi connectivity index (χ0n) is 17.7. The molecule has 3 rings (SSSR count). The summed E-state index contributed by atoms with van der Waals surface area (Å²) in [7, 11) is -4.01. The maximum Gasteiger partial charge on any atom is 0.263 e. The highest BCUT2D eigenvalue weighted by atomic mass is 35.5. The molecule has 3 aromatic rings. The van der Waals surface area contributed by atoms with Gasteiger partial charge in [-0.1, -0.05) is 42.0 Å². The number of anilines is 2. The van der Waals surface area contributed by atoms with Gasteiger partial charge < -0.3 is 10.1 Å². The molecule has 0 bridgehead atoms. The standard InChI is InChI=1S/C24H23ClN2O4S/c1-4-13-31-20-9-7-19(8-10-20)26-24(28)18-6-11-21(25)23(15-18)32(29,30)27-22-12-5-16(2)14-17(22)3/h4-12,14-15,27H,1,13H2,2-3H3,(H,26,28). The van der Waals surface area contributed by atoms with Gasteiger partial charge in [0.25, 0.3) is 15.9 Å². The average Bonchev–Trinajstić information content (AvgIpc) is 2.75. The molecule has 0 aromatic heterocycles. The van der Waals surface area contributed by atoms with E-state index >= 15 is 0 Å². The minimum atomic E-state index is -4.01. The van der Waals surface area contributed by atoms with Crippen molar-refractivity contribution in [3.05, 3.63) is 95.0 Å². The first-order chi connectivity index (χ1) is 15.2. The Morgan fingerprint density at radius 1 is 1.06 bits per heavy atom. The van der Waals surface area contributed by atoms with Crippen molar-refractivity contribution in [3.63, 3.8) is 0 Å². The molecule has 1 amide bonds. The highest BCUT2D eigenvalue weighted by molar-refractivity contribution is 7.92. The Labute approximate surface area is 192 Å². The number of amides is 1. The molecule has 0 aliphatic carbocycles. The highest BCUT2D eigenvalue weighted by Crippen LogP contribution is 2.27. The van der Waals surface area contributed by atoms with Gasteiger partial charge in [-0.15, -0.1) is 0 Å². The molecule has 0 atom stereocenters. The molecule has 6 nitrogen and oxygen atoms in total. The van der Waals surface area contributed by atoms with Crippen LogP contribution in [0.4, 0.5) is 11.4 Å². The molecule has 3 aromatic carbocycles. The van der Waals surface area contributed by atoms with E-state index in [1.54, 1.807) is 36.4 Å². The van der Waals surface area contributed by atoms with Crippen LogP contribution in [-0.2, 0) is 10.0 Å². The smallest absolute Gasteiger partial charge is 0.263 e. The molecule has 0 aliphatic rings. The first kappa shape index (κ1) is 23.4. The van der Waals surface area contributed by atoms with E-state index in [9.17, 15) is 13.2 Å². The second-order valence-corrected chi connectivity index (χ2v) is 9.21. The highest BCUT2D eigenvalue weighted by Gasteiger charge is 2.21. The van der Waals surface area contributed by atoms with Gasteiger partial charge in [-0.25, -0.2) is 8.42 Å². The predicted molar refractivity (Wildman–Crippen MR) is 128 cm³/mol. The van der Waals surface area contributed by atoms with Crippen LogP contribution in [0, 0.1) is 13.8 Å². The molecule has 0 radical (unpaired) electrons. The van der Waals surface area contributed by atoms with Gasteiger partial charge in [0.15, 0.2) is 0 Å². The number of carbonyl (C=O) groups is 1. The molecule has 0 saturated carbocycles. The number of ether oxygens (including phenoxy) is 1. The van der Waals surface area contributed by atoms with Crippen LogP contribution in [0.15, 0.2) is 78.2 Å². The summed E-state index contributed by atoms with van der Waals surface area (Å²) in [6, 6.07) is 16.3. The Kier molecular flexibility index (Phi) is 7.22. The normalized spacial score (nSPS) is 11.0. The van der Waals surface area contributed by atoms with Crippen LogP contribution >= 0.6 is 11.6 Å². The van der Waals surface area contributed by atoms with Crippen LogP contribution in [0.5, 0.6) is 5.75 Å². The molecule has 0 aliphatic heterocycles. The van der Waals surface area contributed by atoms with Crippen LogP contribution in [-0.4, -0.2) is 20.9 Å². The molecule has 0 heterocycles. The third kappa shape index (κ3) is 5.69. The Bertz CT molecular complexity index is 1260. The molecule has 0 saturated heterocycles. The van der Waals surface area contributed by atoms with Crippen molar-refractivity contribution in [1.82, 2.24) is 0 Å². The molecular weight excluding hydrogens is 448 g/mol. The second kappa shape index (κ2) is 9.89. The van der Waals surface area contributed by atoms with Gasteiger partial charge in [0.2, 0.25) is 0 Å². The number of nitrogens with one attached hydrogen (secondary N) is 2. The van der Waals surface area contributed by atoms with Gasteiger partial charge in [0.05, 0.1) is 10.7 Å². The number of halogens is 1. The summed E-state index contributed by atoms with van der Waals surface area (Å²) >= 11 is 6.16. The summed E-state index contributed by atoms with van der Waals surface area (Å²) in [5.41, 5.74) is 2.93. The minimum Gasteiger partial charge on any atom is -0.490 e. The van der Waals surface area contributed by atoms with E-state index < -0.39 is 15.9 Å². The summed E-state index contributed by atoms with van der Waals surface area (Å²) < 4.78 is 33.9. The van der Waals surface area contributed by atoms with Gasteiger partial charge in [-0.3, -0.25) is 9.52 Å². The number of hydrogen-bond acceptors (Lipinski definition) is 4. The lowest BCUT2D eigenvalue weighted by Gasteiger charge is -2.13. The fraction of sp³-hybridized carbons (Fsp3) is 0.125. The summed E-state index contributed by atoms with van der Waals surface area (Å²) in [6.07, 6.45) is 1.64. The van der Waals surface area contributed by atoms with Crippen molar-refractivity contribution in [2.75, 3.05) is 16.6 Å². The molecule has 0 spiro atoms. The lowest BCUT2D eigenvalue weighted by atomic mass is 10.1. The molecule has 0 unspecified atom stereocenters. The fourth-order valence-corrected chi connectivity index (χ4v) is 4.63. The molecule has 32 heavy (non-hydrogen) atoms. The van der Waals surface area contributed by atoms with Crippen LogP contribution in [0.25, 0.3) is 0 Å². The monoisotopic (exact) mass is 470 g/mol. The third-order valence-electron chi connectivity index (χ3n) is 4.59. The Hall–Kier alpha value is -3.29. The summed E-state index contributed by atoms with van der Waals surface area (Å²) in [6.45, 7) is 7.70. The number of benzene rings is 3. The van der Waals surface area contributed by atoms with Gasteiger partial charge in [-0.05, 0) is 67.9 Å². The van der Waals surface area contributed by atoms with Crippen molar-refractivity contribution in [2.45, 2.75) is 18.7 Å². The first-order valence-electron chi connectivity index (χ1n) is 9.74. The summed E-state index contributed by atoms with van der Waals surface area (Å²) in [5.74, 6) is 0.171. The van der Waals surface area contributed by atoms with Crippen molar-refractivity contribution >= 4 is 38.9 Å². The zero-order valence-corrected chi connectivity index (χ0v) is 19.3. The summed E-state index contributed by atoms with van der Waals surface area (Å²) in [5, 5.41) is 2.75. The molecule has 166 valence electrons. The topological polar surface area (TPSA) is 84.5 Å². The molecular formula is C24H23ClN2O4S. The van der Waals surface area contributed by atoms with Crippen LogP contribution in [0.1, 0.15) is 21.5 Å². The fourth-order valence-electron chi connectivity index (χ4n) is 2.97. The lowest BCUT2D eigenvalue weighted by molar-refractivity contribution is 0.102. The number of hydrogen-bond donors (Lipinski definition) is 2. The maximum atomic E-state index is 13.0.